The number of amides is 1. The van der Waals surface area contributed by atoms with Gasteiger partial charge >= 0.3 is 0 Å². The van der Waals surface area contributed by atoms with Crippen LogP contribution in [-0.2, 0) is 11.3 Å². The summed E-state index contributed by atoms with van der Waals surface area (Å²) in [5.74, 6) is -1.43. The maximum atomic E-state index is 13.8. The van der Waals surface area contributed by atoms with Crippen LogP contribution < -0.4 is 5.73 Å². The van der Waals surface area contributed by atoms with Crippen LogP contribution >= 0.6 is 0 Å². The predicted molar refractivity (Wildman–Crippen MR) is 77.4 cm³/mol. The summed E-state index contributed by atoms with van der Waals surface area (Å²) >= 11 is 0. The zero-order chi connectivity index (χ0) is 15.4. The van der Waals surface area contributed by atoms with Crippen LogP contribution in [0.3, 0.4) is 0 Å². The fourth-order valence-corrected chi connectivity index (χ4v) is 2.53. The first kappa shape index (κ1) is 15.9. The van der Waals surface area contributed by atoms with Crippen molar-refractivity contribution in [2.24, 2.45) is 11.7 Å². The number of rotatable bonds is 7. The molecule has 1 saturated carbocycles. The first-order valence-electron chi connectivity index (χ1n) is 7.51. The Morgan fingerprint density at radius 3 is 2.67 bits per heavy atom. The summed E-state index contributed by atoms with van der Waals surface area (Å²) in [6, 6.07) is 3.66. The standard InChI is InChI=1S/C16H22F2N2O/c1-2-3-11(9-19)16(21)20(14-6-7-14)10-12-4-5-13(17)8-15(12)18/h4-5,8,11,14H,2-3,6-7,9-10,19H2,1H3. The molecule has 0 bridgehead atoms. The molecule has 2 N–H and O–H groups in total. The number of carbonyl (C=O) groups is 1. The zero-order valence-corrected chi connectivity index (χ0v) is 12.3. The van der Waals surface area contributed by atoms with E-state index < -0.39 is 11.6 Å². The fourth-order valence-electron chi connectivity index (χ4n) is 2.53. The summed E-state index contributed by atoms with van der Waals surface area (Å²) in [5.41, 5.74) is 6.04. The Labute approximate surface area is 124 Å². The van der Waals surface area contributed by atoms with E-state index in [1.54, 1.807) is 4.90 Å². The van der Waals surface area contributed by atoms with Crippen molar-refractivity contribution in [1.82, 2.24) is 4.90 Å². The molecule has 1 atom stereocenters. The minimum absolute atomic E-state index is 0.00873. The number of benzene rings is 1. The second-order valence-electron chi connectivity index (χ2n) is 5.65. The molecule has 1 unspecified atom stereocenters. The molecule has 0 aromatic heterocycles. The molecule has 0 saturated heterocycles. The van der Waals surface area contributed by atoms with Gasteiger partial charge in [-0.15, -0.1) is 0 Å². The summed E-state index contributed by atoms with van der Waals surface area (Å²) in [6.45, 7) is 2.51. The molecular formula is C16H22F2N2O. The van der Waals surface area contributed by atoms with Gasteiger partial charge in [-0.25, -0.2) is 8.78 Å². The molecule has 2 rings (SSSR count). The third kappa shape index (κ3) is 4.00. The maximum Gasteiger partial charge on any atom is 0.227 e. The van der Waals surface area contributed by atoms with Crippen molar-refractivity contribution in [2.75, 3.05) is 6.54 Å². The lowest BCUT2D eigenvalue weighted by Gasteiger charge is -2.27. The lowest BCUT2D eigenvalue weighted by Crippen LogP contribution is -2.40. The van der Waals surface area contributed by atoms with E-state index in [1.165, 1.54) is 12.1 Å². The van der Waals surface area contributed by atoms with E-state index in [-0.39, 0.29) is 24.4 Å². The molecule has 116 valence electrons. The van der Waals surface area contributed by atoms with Crippen molar-refractivity contribution in [1.29, 1.82) is 0 Å². The van der Waals surface area contributed by atoms with Crippen molar-refractivity contribution >= 4 is 5.91 Å². The maximum absolute atomic E-state index is 13.8. The molecule has 0 spiro atoms. The summed E-state index contributed by atoms with van der Waals surface area (Å²) in [5, 5.41) is 0. The van der Waals surface area contributed by atoms with Gasteiger partial charge in [0.2, 0.25) is 5.91 Å². The number of nitrogens with zero attached hydrogens (tertiary/aromatic N) is 1. The summed E-state index contributed by atoms with van der Waals surface area (Å²) in [6.07, 6.45) is 3.51. The second-order valence-corrected chi connectivity index (χ2v) is 5.65. The van der Waals surface area contributed by atoms with Gasteiger partial charge in [0.1, 0.15) is 11.6 Å². The smallest absolute Gasteiger partial charge is 0.227 e. The number of hydrogen-bond acceptors (Lipinski definition) is 2. The second kappa shape index (κ2) is 6.98. The molecule has 1 amide bonds. The topological polar surface area (TPSA) is 46.3 Å². The van der Waals surface area contributed by atoms with Crippen LogP contribution in [-0.4, -0.2) is 23.4 Å². The molecule has 1 aliphatic rings. The average molecular weight is 296 g/mol. The Morgan fingerprint density at radius 2 is 2.14 bits per heavy atom. The molecule has 1 aromatic carbocycles. The van der Waals surface area contributed by atoms with E-state index in [0.29, 0.717) is 12.1 Å². The number of nitrogens with two attached hydrogens (primary N) is 1. The highest BCUT2D eigenvalue weighted by Gasteiger charge is 2.35. The summed E-state index contributed by atoms with van der Waals surface area (Å²) in [7, 11) is 0. The lowest BCUT2D eigenvalue weighted by atomic mass is 10.0. The van der Waals surface area contributed by atoms with Crippen LogP contribution in [0.2, 0.25) is 0 Å². The highest BCUT2D eigenvalue weighted by Crippen LogP contribution is 2.30. The molecule has 1 fully saturated rings. The van der Waals surface area contributed by atoms with Crippen molar-refractivity contribution in [3.05, 3.63) is 35.4 Å². The Kier molecular flexibility index (Phi) is 5.28. The van der Waals surface area contributed by atoms with Crippen LogP contribution in [0.15, 0.2) is 18.2 Å². The van der Waals surface area contributed by atoms with E-state index in [1.807, 2.05) is 6.92 Å². The Bertz CT molecular complexity index is 503. The van der Waals surface area contributed by atoms with Crippen LogP contribution in [0.25, 0.3) is 0 Å². The van der Waals surface area contributed by atoms with Crippen LogP contribution in [0, 0.1) is 17.6 Å². The third-order valence-electron chi connectivity index (χ3n) is 3.90. The van der Waals surface area contributed by atoms with Crippen LogP contribution in [0.1, 0.15) is 38.2 Å². The van der Waals surface area contributed by atoms with E-state index in [0.717, 1.165) is 31.7 Å². The quantitative estimate of drug-likeness (QED) is 0.841. The van der Waals surface area contributed by atoms with E-state index in [2.05, 4.69) is 0 Å². The largest absolute Gasteiger partial charge is 0.335 e. The van der Waals surface area contributed by atoms with Crippen molar-refractivity contribution in [2.45, 2.75) is 45.2 Å². The van der Waals surface area contributed by atoms with E-state index >= 15 is 0 Å². The molecule has 0 heterocycles. The molecule has 21 heavy (non-hydrogen) atoms. The predicted octanol–water partition coefficient (Wildman–Crippen LogP) is 2.83. The van der Waals surface area contributed by atoms with Gasteiger partial charge in [0, 0.05) is 30.8 Å². The SMILES string of the molecule is CCCC(CN)C(=O)N(Cc1ccc(F)cc1F)C1CC1. The van der Waals surface area contributed by atoms with Gasteiger partial charge in [0.25, 0.3) is 0 Å². The number of carbonyl (C=O) groups excluding carboxylic acids is 1. The van der Waals surface area contributed by atoms with Gasteiger partial charge in [0.15, 0.2) is 0 Å². The molecule has 1 aliphatic carbocycles. The third-order valence-corrected chi connectivity index (χ3v) is 3.90. The van der Waals surface area contributed by atoms with Gasteiger partial charge in [0.05, 0.1) is 5.92 Å². The van der Waals surface area contributed by atoms with Crippen molar-refractivity contribution < 1.29 is 13.6 Å². The minimum atomic E-state index is -0.605. The molecule has 5 heteroatoms. The number of hydrogen-bond donors (Lipinski definition) is 1. The van der Waals surface area contributed by atoms with Gasteiger partial charge < -0.3 is 10.6 Å². The molecule has 0 aliphatic heterocycles. The molecule has 1 aromatic rings. The highest BCUT2D eigenvalue weighted by atomic mass is 19.1. The number of halogens is 2. The van der Waals surface area contributed by atoms with Gasteiger partial charge in [-0.3, -0.25) is 4.79 Å². The van der Waals surface area contributed by atoms with Crippen LogP contribution in [0.4, 0.5) is 8.78 Å². The summed E-state index contributed by atoms with van der Waals surface area (Å²) in [4.78, 5) is 14.3. The zero-order valence-electron chi connectivity index (χ0n) is 12.3. The highest BCUT2D eigenvalue weighted by molar-refractivity contribution is 5.79. The van der Waals surface area contributed by atoms with Gasteiger partial charge in [-0.2, -0.15) is 0 Å². The minimum Gasteiger partial charge on any atom is -0.335 e. The molecular weight excluding hydrogens is 274 g/mol. The van der Waals surface area contributed by atoms with Crippen molar-refractivity contribution in [3.8, 4) is 0 Å². The lowest BCUT2D eigenvalue weighted by molar-refractivity contribution is -0.136. The van der Waals surface area contributed by atoms with Gasteiger partial charge in [-0.05, 0) is 25.3 Å². The van der Waals surface area contributed by atoms with Gasteiger partial charge in [-0.1, -0.05) is 19.4 Å². The monoisotopic (exact) mass is 296 g/mol. The van der Waals surface area contributed by atoms with E-state index in [9.17, 15) is 13.6 Å². The molecule has 3 nitrogen and oxygen atoms in total. The average Bonchev–Trinajstić information content (AvgIpc) is 3.28. The first-order valence-corrected chi connectivity index (χ1v) is 7.51. The Hall–Kier alpha value is -1.49. The van der Waals surface area contributed by atoms with E-state index in [4.69, 9.17) is 5.73 Å². The Balaban J connectivity index is 2.13. The van der Waals surface area contributed by atoms with Crippen LogP contribution in [0.5, 0.6) is 0 Å². The summed E-state index contributed by atoms with van der Waals surface area (Å²) < 4.78 is 26.7. The Morgan fingerprint density at radius 1 is 1.43 bits per heavy atom. The molecule has 0 radical (unpaired) electrons. The normalized spacial score (nSPS) is 15.8. The van der Waals surface area contributed by atoms with Crippen molar-refractivity contribution in [3.63, 3.8) is 0 Å². The fraction of sp³-hybridized carbons (Fsp3) is 0.562. The first-order chi connectivity index (χ1) is 10.1.